The monoisotopic (exact) mass is 251 g/mol. The lowest BCUT2D eigenvalue weighted by Crippen LogP contribution is -2.05. The summed E-state index contributed by atoms with van der Waals surface area (Å²) in [7, 11) is 0. The van der Waals surface area contributed by atoms with Crippen molar-refractivity contribution < 1.29 is 23.8 Å². The minimum Gasteiger partial charge on any atom is -0.505 e. The van der Waals surface area contributed by atoms with Crippen LogP contribution >= 0.6 is 11.6 Å². The van der Waals surface area contributed by atoms with Gasteiger partial charge < -0.3 is 10.2 Å². The first-order valence-corrected chi connectivity index (χ1v) is 4.76. The number of pyridine rings is 1. The smallest absolute Gasteiger partial charge is 0.309 e. The molecule has 0 amide bonds. The van der Waals surface area contributed by atoms with Gasteiger partial charge in [0.2, 0.25) is 0 Å². The summed E-state index contributed by atoms with van der Waals surface area (Å²) in [6.45, 7) is 0. The molecule has 0 saturated heterocycles. The molecule has 0 aliphatic carbocycles. The van der Waals surface area contributed by atoms with Crippen molar-refractivity contribution in [3.05, 3.63) is 23.0 Å². The Morgan fingerprint density at radius 2 is 2.19 bits per heavy atom. The van der Waals surface area contributed by atoms with Gasteiger partial charge in [-0.1, -0.05) is 0 Å². The number of aromatic nitrogens is 1. The maximum Gasteiger partial charge on any atom is 0.309 e. The predicted octanol–water partition coefficient (Wildman–Crippen LogP) is 2.09. The van der Waals surface area contributed by atoms with Crippen molar-refractivity contribution in [1.82, 2.24) is 4.98 Å². The fourth-order valence-electron chi connectivity index (χ4n) is 1.18. The summed E-state index contributed by atoms with van der Waals surface area (Å²) < 4.78 is 25.0. The highest BCUT2D eigenvalue weighted by atomic mass is 35.5. The number of aliphatic carboxylic acids is 1. The van der Waals surface area contributed by atoms with Crippen LogP contribution in [0.3, 0.4) is 0 Å². The van der Waals surface area contributed by atoms with E-state index in [0.29, 0.717) is 0 Å². The highest BCUT2D eigenvalue weighted by Crippen LogP contribution is 2.31. The van der Waals surface area contributed by atoms with E-state index in [1.807, 2.05) is 0 Å². The van der Waals surface area contributed by atoms with Crippen LogP contribution in [0.25, 0.3) is 0 Å². The van der Waals surface area contributed by atoms with E-state index in [-0.39, 0.29) is 17.3 Å². The van der Waals surface area contributed by atoms with Gasteiger partial charge in [-0.15, -0.1) is 11.6 Å². The van der Waals surface area contributed by atoms with E-state index in [4.69, 9.17) is 16.7 Å². The average molecular weight is 252 g/mol. The third kappa shape index (κ3) is 2.79. The van der Waals surface area contributed by atoms with Gasteiger partial charge >= 0.3 is 5.97 Å². The summed E-state index contributed by atoms with van der Waals surface area (Å²) in [5.74, 6) is -2.14. The molecule has 0 spiro atoms. The van der Waals surface area contributed by atoms with Crippen LogP contribution in [0, 0.1) is 0 Å². The number of rotatable bonds is 4. The van der Waals surface area contributed by atoms with Gasteiger partial charge in [-0.3, -0.25) is 9.78 Å². The van der Waals surface area contributed by atoms with Crippen LogP contribution in [-0.2, 0) is 17.1 Å². The van der Waals surface area contributed by atoms with Crippen molar-refractivity contribution in [3.63, 3.8) is 0 Å². The van der Waals surface area contributed by atoms with E-state index in [0.717, 1.165) is 6.07 Å². The molecule has 7 heteroatoms. The van der Waals surface area contributed by atoms with Crippen LogP contribution in [0.2, 0.25) is 0 Å². The summed E-state index contributed by atoms with van der Waals surface area (Å²) in [6.07, 6.45) is -3.40. The van der Waals surface area contributed by atoms with Gasteiger partial charge in [-0.05, 0) is 6.07 Å². The fraction of sp³-hybridized carbons (Fsp3) is 0.333. The van der Waals surface area contributed by atoms with Gasteiger partial charge in [0.25, 0.3) is 6.43 Å². The Morgan fingerprint density at radius 3 is 2.62 bits per heavy atom. The Labute approximate surface area is 94.5 Å². The second-order valence-corrected chi connectivity index (χ2v) is 3.27. The van der Waals surface area contributed by atoms with Crippen LogP contribution in [-0.4, -0.2) is 21.2 Å². The lowest BCUT2D eigenvalue weighted by Gasteiger charge is -2.09. The van der Waals surface area contributed by atoms with Gasteiger partial charge in [0.05, 0.1) is 29.3 Å². The first-order chi connectivity index (χ1) is 7.45. The number of nitrogens with zero attached hydrogens (tertiary/aromatic N) is 1. The minimum atomic E-state index is -2.91. The van der Waals surface area contributed by atoms with E-state index in [9.17, 15) is 18.7 Å². The van der Waals surface area contributed by atoms with E-state index in [1.54, 1.807) is 0 Å². The molecule has 1 heterocycles. The first-order valence-electron chi connectivity index (χ1n) is 4.23. The number of alkyl halides is 3. The van der Waals surface area contributed by atoms with Crippen LogP contribution in [0.15, 0.2) is 6.07 Å². The summed E-state index contributed by atoms with van der Waals surface area (Å²) in [5.41, 5.74) is -0.853. The molecule has 0 aliphatic rings. The molecule has 1 aromatic rings. The van der Waals surface area contributed by atoms with Crippen molar-refractivity contribution in [2.75, 3.05) is 0 Å². The second kappa shape index (κ2) is 5.07. The zero-order valence-electron chi connectivity index (χ0n) is 7.95. The molecule has 0 bridgehead atoms. The number of carboxylic acids is 1. The normalized spacial score (nSPS) is 10.8. The highest BCUT2D eigenvalue weighted by molar-refractivity contribution is 6.17. The second-order valence-electron chi connectivity index (χ2n) is 3.00. The molecule has 0 radical (unpaired) electrons. The van der Waals surface area contributed by atoms with Crippen molar-refractivity contribution in [2.24, 2.45) is 0 Å². The van der Waals surface area contributed by atoms with Gasteiger partial charge in [-0.2, -0.15) is 0 Å². The van der Waals surface area contributed by atoms with E-state index in [1.165, 1.54) is 0 Å². The molecule has 4 nitrogen and oxygen atoms in total. The number of hydrogen-bond donors (Lipinski definition) is 2. The number of carbonyl (C=O) groups is 1. The molecule has 0 atom stereocenters. The lowest BCUT2D eigenvalue weighted by atomic mass is 10.1. The van der Waals surface area contributed by atoms with E-state index in [2.05, 4.69) is 4.98 Å². The van der Waals surface area contributed by atoms with Crippen LogP contribution in [0.4, 0.5) is 8.78 Å². The van der Waals surface area contributed by atoms with Crippen LogP contribution in [0.1, 0.15) is 23.4 Å². The molecular formula is C9H8ClF2NO3. The summed E-state index contributed by atoms with van der Waals surface area (Å²) in [6, 6.07) is 0.865. The Kier molecular flexibility index (Phi) is 4.00. The highest BCUT2D eigenvalue weighted by Gasteiger charge is 2.19. The third-order valence-electron chi connectivity index (χ3n) is 1.84. The summed E-state index contributed by atoms with van der Waals surface area (Å²) in [5, 5.41) is 17.8. The molecule has 1 rings (SSSR count). The van der Waals surface area contributed by atoms with Crippen molar-refractivity contribution in [3.8, 4) is 5.75 Å². The van der Waals surface area contributed by atoms with Crippen LogP contribution in [0.5, 0.6) is 5.75 Å². The van der Waals surface area contributed by atoms with Gasteiger partial charge in [0.1, 0.15) is 5.75 Å². The van der Waals surface area contributed by atoms with E-state index < -0.39 is 30.1 Å². The zero-order chi connectivity index (χ0) is 12.3. The summed E-state index contributed by atoms with van der Waals surface area (Å²) in [4.78, 5) is 14.1. The molecule has 16 heavy (non-hydrogen) atoms. The van der Waals surface area contributed by atoms with Gasteiger partial charge in [-0.25, -0.2) is 8.78 Å². The summed E-state index contributed by atoms with van der Waals surface area (Å²) >= 11 is 5.40. The molecule has 0 aromatic carbocycles. The number of carboxylic acid groups (broad SMARTS) is 1. The van der Waals surface area contributed by atoms with Crippen molar-refractivity contribution >= 4 is 17.6 Å². The molecule has 2 N–H and O–H groups in total. The van der Waals surface area contributed by atoms with Crippen molar-refractivity contribution in [1.29, 1.82) is 0 Å². The molecule has 0 aliphatic heterocycles. The molecule has 0 saturated carbocycles. The molecule has 1 aromatic heterocycles. The fourth-order valence-corrected chi connectivity index (χ4v) is 1.36. The Bertz CT molecular complexity index is 412. The molecule has 0 unspecified atom stereocenters. The maximum absolute atomic E-state index is 12.5. The Hall–Kier alpha value is -1.43. The topological polar surface area (TPSA) is 70.4 Å². The molecular weight excluding hydrogens is 244 g/mol. The number of halogens is 3. The van der Waals surface area contributed by atoms with Crippen LogP contribution < -0.4 is 0 Å². The maximum atomic E-state index is 12.5. The molecule has 88 valence electrons. The van der Waals surface area contributed by atoms with Gasteiger partial charge in [0.15, 0.2) is 0 Å². The average Bonchev–Trinajstić information content (AvgIpc) is 2.19. The standard InChI is InChI=1S/C9H8ClF2NO3/c10-3-6-8(16)5(9(11)12)1-4(13-6)2-7(14)15/h1,9,16H,2-3H2,(H,14,15). The first kappa shape index (κ1) is 12.6. The largest absolute Gasteiger partial charge is 0.505 e. The zero-order valence-corrected chi connectivity index (χ0v) is 8.71. The SMILES string of the molecule is O=C(O)Cc1cc(C(F)F)c(O)c(CCl)n1. The van der Waals surface area contributed by atoms with E-state index >= 15 is 0 Å². The third-order valence-corrected chi connectivity index (χ3v) is 2.09. The lowest BCUT2D eigenvalue weighted by molar-refractivity contribution is -0.136. The minimum absolute atomic E-state index is 0.0590. The van der Waals surface area contributed by atoms with Gasteiger partial charge in [0, 0.05) is 0 Å². The number of hydrogen-bond acceptors (Lipinski definition) is 3. The predicted molar refractivity (Wildman–Crippen MR) is 51.8 cm³/mol. The van der Waals surface area contributed by atoms with Crippen molar-refractivity contribution in [2.45, 2.75) is 18.7 Å². The Balaban J connectivity index is 3.22. The number of aromatic hydroxyl groups is 1. The quantitative estimate of drug-likeness (QED) is 0.804. The molecule has 0 fully saturated rings. The Morgan fingerprint density at radius 1 is 1.56 bits per heavy atom.